The highest BCUT2D eigenvalue weighted by atomic mass is 32.2. The number of aryl methyl sites for hydroxylation is 1. The first-order chi connectivity index (χ1) is 13.3. The predicted molar refractivity (Wildman–Crippen MR) is 102 cm³/mol. The molecule has 1 fully saturated rings. The fraction of sp³-hybridized carbons (Fsp3) is 0.278. The summed E-state index contributed by atoms with van der Waals surface area (Å²) in [6, 6.07) is 9.74. The monoisotopic (exact) mass is 405 g/mol. The average Bonchev–Trinajstić information content (AvgIpc) is 2.68. The Balaban J connectivity index is 1.77. The lowest BCUT2D eigenvalue weighted by molar-refractivity contribution is -0.385. The molecule has 9 nitrogen and oxygen atoms in total. The Morgan fingerprint density at radius 1 is 1.14 bits per heavy atom. The van der Waals surface area contributed by atoms with Crippen molar-refractivity contribution in [3.63, 3.8) is 0 Å². The molecule has 28 heavy (non-hydrogen) atoms. The van der Waals surface area contributed by atoms with E-state index < -0.39 is 14.9 Å². The van der Waals surface area contributed by atoms with Gasteiger partial charge >= 0.3 is 0 Å². The normalized spacial score (nSPS) is 14.5. The molecule has 1 N–H and O–H groups in total. The molecular formula is C18H19N3O6S. The molecule has 3 rings (SSSR count). The van der Waals surface area contributed by atoms with Crippen molar-refractivity contribution in [1.29, 1.82) is 0 Å². The molecule has 1 aliphatic heterocycles. The molecule has 10 heteroatoms. The summed E-state index contributed by atoms with van der Waals surface area (Å²) in [5.41, 5.74) is 0.793. The van der Waals surface area contributed by atoms with Gasteiger partial charge in [-0.25, -0.2) is 8.42 Å². The lowest BCUT2D eigenvalue weighted by Gasteiger charge is -2.26. The van der Waals surface area contributed by atoms with Crippen molar-refractivity contribution in [2.45, 2.75) is 11.8 Å². The fourth-order valence-corrected chi connectivity index (χ4v) is 3.88. The minimum Gasteiger partial charge on any atom is -0.378 e. The first-order valence-corrected chi connectivity index (χ1v) is 10.0. The van der Waals surface area contributed by atoms with Crippen LogP contribution in [0.1, 0.15) is 15.9 Å². The molecule has 0 radical (unpaired) electrons. The van der Waals surface area contributed by atoms with Gasteiger partial charge in [-0.3, -0.25) is 19.6 Å². The number of hydrogen-bond acceptors (Lipinski definition) is 6. The number of benzene rings is 2. The zero-order chi connectivity index (χ0) is 20.3. The highest BCUT2D eigenvalue weighted by Crippen LogP contribution is 2.24. The van der Waals surface area contributed by atoms with E-state index in [1.165, 1.54) is 43.3 Å². The Morgan fingerprint density at radius 2 is 1.79 bits per heavy atom. The number of nitro groups is 1. The van der Waals surface area contributed by atoms with Crippen molar-refractivity contribution >= 4 is 27.3 Å². The molecule has 0 aromatic heterocycles. The number of anilines is 1. The summed E-state index contributed by atoms with van der Waals surface area (Å²) in [5.74, 6) is -0.146. The SMILES string of the molecule is Cc1ccc(S(=O)(=O)Nc2ccc(C(=O)N3CCOCC3)cc2)cc1[N+](=O)[O-]. The van der Waals surface area contributed by atoms with E-state index in [-0.39, 0.29) is 22.2 Å². The Bertz CT molecular complexity index is 998. The first kappa shape index (κ1) is 19.8. The molecule has 0 unspecified atom stereocenters. The number of carbonyl (C=O) groups excluding carboxylic acids is 1. The smallest absolute Gasteiger partial charge is 0.273 e. The largest absolute Gasteiger partial charge is 0.378 e. The van der Waals surface area contributed by atoms with Gasteiger partial charge in [0.2, 0.25) is 0 Å². The van der Waals surface area contributed by atoms with E-state index in [1.807, 2.05) is 0 Å². The number of rotatable bonds is 5. The number of hydrogen-bond donors (Lipinski definition) is 1. The third-order valence-electron chi connectivity index (χ3n) is 4.37. The highest BCUT2D eigenvalue weighted by Gasteiger charge is 2.21. The molecule has 1 amide bonds. The van der Waals surface area contributed by atoms with E-state index in [0.29, 0.717) is 37.4 Å². The van der Waals surface area contributed by atoms with E-state index in [1.54, 1.807) is 4.90 Å². The summed E-state index contributed by atoms with van der Waals surface area (Å²) in [5, 5.41) is 11.0. The predicted octanol–water partition coefficient (Wildman–Crippen LogP) is 2.18. The zero-order valence-corrected chi connectivity index (χ0v) is 15.9. The molecular weight excluding hydrogens is 386 g/mol. The van der Waals surface area contributed by atoms with Crippen LogP contribution in [-0.2, 0) is 14.8 Å². The van der Waals surface area contributed by atoms with Crippen LogP contribution in [0.2, 0.25) is 0 Å². The zero-order valence-electron chi connectivity index (χ0n) is 15.1. The number of ether oxygens (including phenoxy) is 1. The molecule has 1 heterocycles. The maximum Gasteiger partial charge on any atom is 0.273 e. The maximum atomic E-state index is 12.5. The van der Waals surface area contributed by atoms with Crippen molar-refractivity contribution in [3.8, 4) is 0 Å². The number of carbonyl (C=O) groups is 1. The molecule has 1 aliphatic rings. The van der Waals surface area contributed by atoms with Gasteiger partial charge in [0.1, 0.15) is 0 Å². The van der Waals surface area contributed by atoms with Gasteiger partial charge in [0.05, 0.1) is 23.0 Å². The van der Waals surface area contributed by atoms with Crippen LogP contribution in [-0.4, -0.2) is 50.5 Å². The van der Waals surface area contributed by atoms with Crippen molar-refractivity contribution in [2.75, 3.05) is 31.0 Å². The van der Waals surface area contributed by atoms with Crippen molar-refractivity contribution < 1.29 is 22.9 Å². The van der Waals surface area contributed by atoms with Crippen LogP contribution in [0.25, 0.3) is 0 Å². The third-order valence-corrected chi connectivity index (χ3v) is 5.75. The third kappa shape index (κ3) is 4.29. The summed E-state index contributed by atoms with van der Waals surface area (Å²) in [4.78, 5) is 24.3. The second-order valence-corrected chi connectivity index (χ2v) is 7.98. The topological polar surface area (TPSA) is 119 Å². The number of nitrogens with zero attached hydrogens (tertiary/aromatic N) is 2. The van der Waals surface area contributed by atoms with Gasteiger partial charge in [-0.15, -0.1) is 0 Å². The van der Waals surface area contributed by atoms with Crippen LogP contribution < -0.4 is 4.72 Å². The van der Waals surface area contributed by atoms with Gasteiger partial charge in [0, 0.05) is 36.0 Å². The van der Waals surface area contributed by atoms with Crippen molar-refractivity contribution in [2.24, 2.45) is 0 Å². The molecule has 148 valence electrons. The van der Waals surface area contributed by atoms with Crippen LogP contribution in [0, 0.1) is 17.0 Å². The van der Waals surface area contributed by atoms with Crippen LogP contribution in [0.4, 0.5) is 11.4 Å². The Labute approximate surface area is 162 Å². The van der Waals surface area contributed by atoms with Crippen LogP contribution in [0.5, 0.6) is 0 Å². The molecule has 2 aromatic rings. The van der Waals surface area contributed by atoms with Crippen LogP contribution in [0.15, 0.2) is 47.4 Å². The van der Waals surface area contributed by atoms with Gasteiger partial charge in [-0.1, -0.05) is 6.07 Å². The molecule has 1 saturated heterocycles. The number of sulfonamides is 1. The van der Waals surface area contributed by atoms with E-state index in [4.69, 9.17) is 4.74 Å². The fourth-order valence-electron chi connectivity index (χ4n) is 2.80. The van der Waals surface area contributed by atoms with Crippen LogP contribution in [0.3, 0.4) is 0 Å². The molecule has 0 saturated carbocycles. The highest BCUT2D eigenvalue weighted by molar-refractivity contribution is 7.92. The lowest BCUT2D eigenvalue weighted by Crippen LogP contribution is -2.40. The van der Waals surface area contributed by atoms with Crippen LogP contribution >= 0.6 is 0 Å². The first-order valence-electron chi connectivity index (χ1n) is 8.53. The van der Waals surface area contributed by atoms with Gasteiger partial charge in [0.25, 0.3) is 21.6 Å². The van der Waals surface area contributed by atoms with E-state index >= 15 is 0 Å². The molecule has 0 aliphatic carbocycles. The van der Waals surface area contributed by atoms with Crippen molar-refractivity contribution in [1.82, 2.24) is 4.90 Å². The Hall–Kier alpha value is -2.98. The van der Waals surface area contributed by atoms with Crippen molar-refractivity contribution in [3.05, 3.63) is 63.7 Å². The number of morpholine rings is 1. The molecule has 2 aromatic carbocycles. The quantitative estimate of drug-likeness (QED) is 0.601. The number of nitro benzene ring substituents is 1. The van der Waals surface area contributed by atoms with Gasteiger partial charge in [-0.05, 0) is 37.3 Å². The summed E-state index contributed by atoms with van der Waals surface area (Å²) in [7, 11) is -4.01. The Morgan fingerprint density at radius 3 is 2.39 bits per heavy atom. The maximum absolute atomic E-state index is 12.5. The summed E-state index contributed by atoms with van der Waals surface area (Å²) in [6.45, 7) is 3.55. The minimum atomic E-state index is -4.01. The number of nitrogens with one attached hydrogen (secondary N) is 1. The second kappa shape index (κ2) is 7.95. The summed E-state index contributed by atoms with van der Waals surface area (Å²) in [6.07, 6.45) is 0. The lowest BCUT2D eigenvalue weighted by atomic mass is 10.2. The minimum absolute atomic E-state index is 0.146. The molecule has 0 bridgehead atoms. The van der Waals surface area contributed by atoms with Gasteiger partial charge in [0.15, 0.2) is 0 Å². The molecule has 0 atom stereocenters. The average molecular weight is 405 g/mol. The van der Waals surface area contributed by atoms with E-state index in [2.05, 4.69) is 4.72 Å². The van der Waals surface area contributed by atoms with E-state index in [9.17, 15) is 23.3 Å². The Kier molecular flexibility index (Phi) is 5.61. The van der Waals surface area contributed by atoms with E-state index in [0.717, 1.165) is 6.07 Å². The summed E-state index contributed by atoms with van der Waals surface area (Å²) >= 11 is 0. The number of amides is 1. The van der Waals surface area contributed by atoms with Gasteiger partial charge < -0.3 is 9.64 Å². The van der Waals surface area contributed by atoms with Gasteiger partial charge in [-0.2, -0.15) is 0 Å². The second-order valence-electron chi connectivity index (χ2n) is 6.29. The summed E-state index contributed by atoms with van der Waals surface area (Å²) < 4.78 is 32.7. The standard InChI is InChI=1S/C18H19N3O6S/c1-13-2-7-16(12-17(13)21(23)24)28(25,26)19-15-5-3-14(4-6-15)18(22)20-8-10-27-11-9-20/h2-7,12,19H,8-11H2,1H3. The molecule has 0 spiro atoms.